The highest BCUT2D eigenvalue weighted by Gasteiger charge is 2.69. The quantitative estimate of drug-likeness (QED) is 0.456. The number of furan rings is 1. The van der Waals surface area contributed by atoms with Gasteiger partial charge >= 0.3 is 5.97 Å². The van der Waals surface area contributed by atoms with Crippen LogP contribution in [-0.4, -0.2) is 51.8 Å². The Hall–Kier alpha value is -1.67. The third-order valence-electron chi connectivity index (χ3n) is 7.26. The molecule has 1 aromatic rings. The molecule has 27 heavy (non-hydrogen) atoms. The zero-order chi connectivity index (χ0) is 19.4. The molecule has 1 aromatic heterocycles. The maximum Gasteiger partial charge on any atom is 0.313 e. The van der Waals surface area contributed by atoms with Crippen LogP contribution in [-0.2, 0) is 9.53 Å². The van der Waals surface area contributed by atoms with E-state index in [1.54, 1.807) is 12.3 Å². The molecule has 3 aliphatic rings. The zero-order valence-electron chi connectivity index (χ0n) is 15.2. The zero-order valence-corrected chi connectivity index (χ0v) is 15.2. The van der Waals surface area contributed by atoms with E-state index >= 15 is 0 Å². The molecule has 1 aliphatic heterocycles. The first kappa shape index (κ1) is 18.7. The van der Waals surface area contributed by atoms with Crippen molar-refractivity contribution in [2.24, 2.45) is 22.7 Å². The van der Waals surface area contributed by atoms with Gasteiger partial charge in [0.25, 0.3) is 0 Å². The van der Waals surface area contributed by atoms with Crippen LogP contribution in [0.5, 0.6) is 0 Å². The SMILES string of the molecule is CC1CC(O)C2(CO)C(CO)=CC(O)CC2C12CC(c1ccoc1)OC2=O. The van der Waals surface area contributed by atoms with Gasteiger partial charge in [0, 0.05) is 17.4 Å². The summed E-state index contributed by atoms with van der Waals surface area (Å²) in [5.74, 6) is -1.12. The van der Waals surface area contributed by atoms with Crippen molar-refractivity contribution in [1.82, 2.24) is 0 Å². The van der Waals surface area contributed by atoms with Crippen LogP contribution in [0.3, 0.4) is 0 Å². The van der Waals surface area contributed by atoms with E-state index in [0.717, 1.165) is 5.56 Å². The third kappa shape index (κ3) is 2.38. The first-order valence-electron chi connectivity index (χ1n) is 9.42. The van der Waals surface area contributed by atoms with Crippen molar-refractivity contribution in [2.45, 2.75) is 44.5 Å². The molecule has 1 saturated heterocycles. The Morgan fingerprint density at radius 3 is 2.67 bits per heavy atom. The second-order valence-electron chi connectivity index (χ2n) is 8.25. The maximum absolute atomic E-state index is 13.2. The lowest BCUT2D eigenvalue weighted by atomic mass is 9.45. The summed E-state index contributed by atoms with van der Waals surface area (Å²) in [5.41, 5.74) is -0.959. The predicted octanol–water partition coefficient (Wildman–Crippen LogP) is 0.933. The van der Waals surface area contributed by atoms with Crippen LogP contribution in [0, 0.1) is 22.7 Å². The molecule has 0 aromatic carbocycles. The van der Waals surface area contributed by atoms with E-state index < -0.39 is 48.3 Å². The fourth-order valence-corrected chi connectivity index (χ4v) is 5.86. The topological polar surface area (TPSA) is 120 Å². The molecular formula is C20H26O7. The Balaban J connectivity index is 1.83. The minimum Gasteiger partial charge on any atom is -0.472 e. The maximum atomic E-state index is 13.2. The summed E-state index contributed by atoms with van der Waals surface area (Å²) in [6.45, 7) is 1.11. The highest BCUT2D eigenvalue weighted by Crippen LogP contribution is 2.65. The molecule has 0 bridgehead atoms. The summed E-state index contributed by atoms with van der Waals surface area (Å²) < 4.78 is 10.8. The highest BCUT2D eigenvalue weighted by atomic mass is 16.6. The van der Waals surface area contributed by atoms with E-state index in [-0.39, 0.29) is 18.3 Å². The first-order chi connectivity index (χ1) is 12.9. The lowest BCUT2D eigenvalue weighted by Gasteiger charge is -2.59. The molecule has 2 aliphatic carbocycles. The number of cyclic esters (lactones) is 1. The average Bonchev–Trinajstić information content (AvgIpc) is 3.28. The second-order valence-corrected chi connectivity index (χ2v) is 8.25. The smallest absolute Gasteiger partial charge is 0.313 e. The summed E-state index contributed by atoms with van der Waals surface area (Å²) in [4.78, 5) is 13.2. The molecule has 7 unspecified atom stereocenters. The van der Waals surface area contributed by atoms with Crippen LogP contribution < -0.4 is 0 Å². The highest BCUT2D eigenvalue weighted by molar-refractivity contribution is 5.81. The predicted molar refractivity (Wildman–Crippen MR) is 93.2 cm³/mol. The molecule has 4 N–H and O–H groups in total. The minimum absolute atomic E-state index is 0.202. The molecule has 4 rings (SSSR count). The van der Waals surface area contributed by atoms with Gasteiger partial charge in [-0.25, -0.2) is 0 Å². The number of hydrogen-bond donors (Lipinski definition) is 4. The molecule has 148 valence electrons. The fraction of sp³-hybridized carbons (Fsp3) is 0.650. The Bertz CT molecular complexity index is 742. The lowest BCUT2D eigenvalue weighted by molar-refractivity contribution is -0.183. The molecule has 0 radical (unpaired) electrons. The molecule has 7 atom stereocenters. The van der Waals surface area contributed by atoms with Crippen LogP contribution in [0.15, 0.2) is 34.7 Å². The molecular weight excluding hydrogens is 352 g/mol. The monoisotopic (exact) mass is 378 g/mol. The fourth-order valence-electron chi connectivity index (χ4n) is 5.86. The van der Waals surface area contributed by atoms with Crippen molar-refractivity contribution in [3.63, 3.8) is 0 Å². The van der Waals surface area contributed by atoms with Crippen LogP contribution in [0.1, 0.15) is 37.9 Å². The molecule has 2 heterocycles. The van der Waals surface area contributed by atoms with E-state index in [1.165, 1.54) is 12.3 Å². The number of aliphatic hydroxyl groups is 4. The number of fused-ring (bicyclic) bond motifs is 2. The van der Waals surface area contributed by atoms with E-state index in [9.17, 15) is 25.2 Å². The van der Waals surface area contributed by atoms with Crippen LogP contribution in [0.4, 0.5) is 0 Å². The Morgan fingerprint density at radius 2 is 2.04 bits per heavy atom. The van der Waals surface area contributed by atoms with E-state index in [2.05, 4.69) is 0 Å². The summed E-state index contributed by atoms with van der Waals surface area (Å²) in [7, 11) is 0. The van der Waals surface area contributed by atoms with Crippen molar-refractivity contribution >= 4 is 5.97 Å². The Kier molecular flexibility index (Phi) is 4.46. The number of carbonyl (C=O) groups excluding carboxylic acids is 1. The molecule has 7 heteroatoms. The van der Waals surface area contributed by atoms with Crippen LogP contribution in [0.2, 0.25) is 0 Å². The van der Waals surface area contributed by atoms with Gasteiger partial charge in [-0.2, -0.15) is 0 Å². The van der Waals surface area contributed by atoms with E-state index in [4.69, 9.17) is 9.15 Å². The standard InChI is InChI=1S/C20H26O7/c1-11-4-17(24)20(10-22)13(8-21)5-14(23)6-16(20)19(11)7-15(27-18(19)25)12-2-3-26-9-12/h2-3,5,9,11,14-17,21-24H,4,6-8,10H2,1H3. The average molecular weight is 378 g/mol. The van der Waals surface area contributed by atoms with Crippen molar-refractivity contribution < 1.29 is 34.4 Å². The molecule has 7 nitrogen and oxygen atoms in total. The summed E-state index contributed by atoms with van der Waals surface area (Å²) in [6, 6.07) is 1.76. The van der Waals surface area contributed by atoms with E-state index in [0.29, 0.717) is 18.4 Å². The van der Waals surface area contributed by atoms with Crippen molar-refractivity contribution in [1.29, 1.82) is 0 Å². The largest absolute Gasteiger partial charge is 0.472 e. The number of esters is 1. The van der Waals surface area contributed by atoms with Gasteiger partial charge in [0.2, 0.25) is 0 Å². The number of rotatable bonds is 3. The Labute approximate surface area is 157 Å². The van der Waals surface area contributed by atoms with Gasteiger partial charge in [0.1, 0.15) is 6.10 Å². The van der Waals surface area contributed by atoms with Crippen molar-refractivity contribution in [3.05, 3.63) is 35.8 Å². The van der Waals surface area contributed by atoms with Gasteiger partial charge in [0.05, 0.1) is 43.4 Å². The van der Waals surface area contributed by atoms with Crippen LogP contribution in [0.25, 0.3) is 0 Å². The number of carbonyl (C=O) groups is 1. The van der Waals surface area contributed by atoms with Crippen molar-refractivity contribution in [3.8, 4) is 0 Å². The van der Waals surface area contributed by atoms with Gasteiger partial charge in [-0.1, -0.05) is 13.0 Å². The van der Waals surface area contributed by atoms with Gasteiger partial charge in [-0.3, -0.25) is 4.79 Å². The number of hydrogen-bond acceptors (Lipinski definition) is 7. The summed E-state index contributed by atoms with van der Waals surface area (Å²) in [5, 5.41) is 41.6. The third-order valence-corrected chi connectivity index (χ3v) is 7.26. The lowest BCUT2D eigenvalue weighted by Crippen LogP contribution is -2.63. The van der Waals surface area contributed by atoms with Crippen molar-refractivity contribution in [2.75, 3.05) is 13.2 Å². The van der Waals surface area contributed by atoms with Gasteiger partial charge < -0.3 is 29.6 Å². The van der Waals surface area contributed by atoms with Gasteiger partial charge in [0.15, 0.2) is 0 Å². The summed E-state index contributed by atoms with van der Waals surface area (Å²) >= 11 is 0. The molecule has 1 saturated carbocycles. The number of aliphatic hydroxyl groups excluding tert-OH is 4. The molecule has 0 amide bonds. The van der Waals surface area contributed by atoms with Gasteiger partial charge in [-0.15, -0.1) is 0 Å². The molecule has 1 spiro atoms. The number of ether oxygens (including phenoxy) is 1. The molecule has 2 fully saturated rings. The van der Waals surface area contributed by atoms with Gasteiger partial charge in [-0.05, 0) is 36.3 Å². The normalized spacial score (nSPS) is 44.1. The first-order valence-corrected chi connectivity index (χ1v) is 9.42. The second kappa shape index (κ2) is 6.44. The summed E-state index contributed by atoms with van der Waals surface area (Å²) in [6.07, 6.45) is 3.25. The van der Waals surface area contributed by atoms with Crippen LogP contribution >= 0.6 is 0 Å². The van der Waals surface area contributed by atoms with E-state index in [1.807, 2.05) is 6.92 Å². The Morgan fingerprint density at radius 1 is 1.26 bits per heavy atom. The minimum atomic E-state index is -1.16.